The quantitative estimate of drug-likeness (QED) is 0.269. The molecule has 0 bridgehead atoms. The Balaban J connectivity index is 1.55. The third kappa shape index (κ3) is 4.79. The van der Waals surface area contributed by atoms with E-state index in [2.05, 4.69) is 0 Å². The van der Waals surface area contributed by atoms with E-state index in [1.54, 1.807) is 43.5 Å². The number of rotatable bonds is 6. The van der Waals surface area contributed by atoms with E-state index >= 15 is 0 Å². The zero-order valence-electron chi connectivity index (χ0n) is 16.9. The predicted octanol–water partition coefficient (Wildman–Crippen LogP) is 6.99. The number of benzene rings is 3. The largest absolute Gasteiger partial charge is 0.493 e. The zero-order chi connectivity index (χ0) is 22.7. The summed E-state index contributed by atoms with van der Waals surface area (Å²) in [6.45, 7) is 0.198. The average molecular weight is 502 g/mol. The van der Waals surface area contributed by atoms with E-state index in [0.29, 0.717) is 36.3 Å². The van der Waals surface area contributed by atoms with Gasteiger partial charge in [-0.25, -0.2) is 0 Å². The highest BCUT2D eigenvalue weighted by atomic mass is 35.5. The number of para-hydroxylation sites is 1. The van der Waals surface area contributed by atoms with Crippen LogP contribution in [0, 0.1) is 0 Å². The van der Waals surface area contributed by atoms with E-state index in [1.807, 2.05) is 36.4 Å². The van der Waals surface area contributed by atoms with Crippen molar-refractivity contribution in [2.24, 2.45) is 0 Å². The van der Waals surface area contributed by atoms with Gasteiger partial charge in [-0.2, -0.15) is 0 Å². The summed E-state index contributed by atoms with van der Waals surface area (Å²) < 4.78 is 11.9. The highest BCUT2D eigenvalue weighted by molar-refractivity contribution is 8.27. The molecule has 3 aromatic carbocycles. The number of thioether (sulfide) groups is 1. The lowest BCUT2D eigenvalue weighted by atomic mass is 10.1. The molecule has 162 valence electrons. The molecule has 0 saturated carbocycles. The number of methoxy groups -OCH3 is 1. The Labute approximate surface area is 205 Å². The molecule has 32 heavy (non-hydrogen) atoms. The van der Waals surface area contributed by atoms with Crippen LogP contribution in [0.15, 0.2) is 71.6 Å². The second-order valence-corrected chi connectivity index (χ2v) is 9.24. The molecule has 0 aromatic heterocycles. The number of hydrogen-bond acceptors (Lipinski definition) is 5. The minimum absolute atomic E-state index is 0.154. The summed E-state index contributed by atoms with van der Waals surface area (Å²) in [5, 5.41) is 1.07. The van der Waals surface area contributed by atoms with Gasteiger partial charge in [0, 0.05) is 15.6 Å². The highest BCUT2D eigenvalue weighted by Crippen LogP contribution is 2.37. The molecular weight excluding hydrogens is 485 g/mol. The fraction of sp³-hybridized carbons (Fsp3) is 0.0833. The SMILES string of the molecule is COc1cc(/C=C2/SC(=S)N(c3ccccc3)C2=O)ccc1OCc1c(Cl)cccc1Cl. The monoisotopic (exact) mass is 501 g/mol. The number of halogens is 2. The lowest BCUT2D eigenvalue weighted by Crippen LogP contribution is -2.27. The van der Waals surface area contributed by atoms with Gasteiger partial charge in [-0.1, -0.05) is 77.5 Å². The van der Waals surface area contributed by atoms with Gasteiger partial charge in [0.2, 0.25) is 0 Å². The Kier molecular flexibility index (Phi) is 7.06. The fourth-order valence-electron chi connectivity index (χ4n) is 3.13. The summed E-state index contributed by atoms with van der Waals surface area (Å²) in [7, 11) is 1.56. The third-order valence-electron chi connectivity index (χ3n) is 4.73. The predicted molar refractivity (Wildman–Crippen MR) is 136 cm³/mol. The molecule has 1 fully saturated rings. The lowest BCUT2D eigenvalue weighted by Gasteiger charge is -2.14. The van der Waals surface area contributed by atoms with Gasteiger partial charge >= 0.3 is 0 Å². The van der Waals surface area contributed by atoms with Gasteiger partial charge in [0.1, 0.15) is 6.61 Å². The molecule has 1 heterocycles. The molecule has 8 heteroatoms. The van der Waals surface area contributed by atoms with E-state index in [-0.39, 0.29) is 12.5 Å². The van der Waals surface area contributed by atoms with Crippen molar-refractivity contribution >= 4 is 69.2 Å². The van der Waals surface area contributed by atoms with Crippen molar-refractivity contribution in [3.8, 4) is 11.5 Å². The molecule has 3 aromatic rings. The molecule has 0 aliphatic carbocycles. The van der Waals surface area contributed by atoms with Crippen molar-refractivity contribution in [3.05, 3.63) is 92.8 Å². The number of anilines is 1. The standard InChI is InChI=1S/C24H17Cl2NO3S2/c1-29-21-12-15(10-11-20(21)30-14-17-18(25)8-5-9-19(17)26)13-22-23(28)27(24(31)32-22)16-6-3-2-4-7-16/h2-13H,14H2,1H3/b22-13+. The number of amides is 1. The van der Waals surface area contributed by atoms with Gasteiger partial charge in [0.25, 0.3) is 5.91 Å². The van der Waals surface area contributed by atoms with Crippen molar-refractivity contribution in [3.63, 3.8) is 0 Å². The van der Waals surface area contributed by atoms with Gasteiger partial charge < -0.3 is 9.47 Å². The topological polar surface area (TPSA) is 38.8 Å². The minimum Gasteiger partial charge on any atom is -0.493 e. The van der Waals surface area contributed by atoms with Crippen LogP contribution >= 0.6 is 47.2 Å². The van der Waals surface area contributed by atoms with Crippen LogP contribution in [-0.2, 0) is 11.4 Å². The van der Waals surface area contributed by atoms with Crippen LogP contribution in [0.5, 0.6) is 11.5 Å². The summed E-state index contributed by atoms with van der Waals surface area (Å²) >= 11 is 19.1. The van der Waals surface area contributed by atoms with E-state index in [9.17, 15) is 4.79 Å². The normalized spacial score (nSPS) is 14.8. The zero-order valence-corrected chi connectivity index (χ0v) is 20.0. The smallest absolute Gasteiger partial charge is 0.270 e. The molecule has 4 rings (SSSR count). The summed E-state index contributed by atoms with van der Waals surface area (Å²) in [5.74, 6) is 0.914. The third-order valence-corrected chi connectivity index (χ3v) is 6.74. The highest BCUT2D eigenvalue weighted by Gasteiger charge is 2.33. The van der Waals surface area contributed by atoms with Gasteiger partial charge in [-0.15, -0.1) is 0 Å². The summed E-state index contributed by atoms with van der Waals surface area (Å²) in [6.07, 6.45) is 1.79. The Morgan fingerprint density at radius 1 is 1.00 bits per heavy atom. The number of carbonyl (C=O) groups is 1. The maximum atomic E-state index is 12.9. The van der Waals surface area contributed by atoms with Crippen LogP contribution in [0.3, 0.4) is 0 Å². The van der Waals surface area contributed by atoms with E-state index < -0.39 is 0 Å². The average Bonchev–Trinajstić information content (AvgIpc) is 3.07. The van der Waals surface area contributed by atoms with Crippen LogP contribution in [-0.4, -0.2) is 17.3 Å². The maximum absolute atomic E-state index is 12.9. The number of thiocarbonyl (C=S) groups is 1. The van der Waals surface area contributed by atoms with Crippen LogP contribution in [0.4, 0.5) is 5.69 Å². The minimum atomic E-state index is -0.154. The Bertz CT molecular complexity index is 1190. The van der Waals surface area contributed by atoms with Crippen LogP contribution < -0.4 is 14.4 Å². The first-order chi connectivity index (χ1) is 15.5. The van der Waals surface area contributed by atoms with Crippen molar-refractivity contribution in [2.45, 2.75) is 6.61 Å². The maximum Gasteiger partial charge on any atom is 0.270 e. The Hall–Kier alpha value is -2.51. The van der Waals surface area contributed by atoms with Crippen LogP contribution in [0.25, 0.3) is 6.08 Å². The lowest BCUT2D eigenvalue weighted by molar-refractivity contribution is -0.113. The Morgan fingerprint density at radius 2 is 1.72 bits per heavy atom. The van der Waals surface area contributed by atoms with Crippen molar-refractivity contribution < 1.29 is 14.3 Å². The van der Waals surface area contributed by atoms with Gasteiger partial charge in [-0.3, -0.25) is 9.69 Å². The molecule has 0 atom stereocenters. The molecular formula is C24H17Cl2NO3S2. The first-order valence-electron chi connectivity index (χ1n) is 9.54. The molecule has 0 N–H and O–H groups in total. The molecule has 1 aliphatic heterocycles. The molecule has 1 saturated heterocycles. The number of carbonyl (C=O) groups excluding carboxylic acids is 1. The number of ether oxygens (including phenoxy) is 2. The van der Waals surface area contributed by atoms with Crippen molar-refractivity contribution in [2.75, 3.05) is 12.0 Å². The first kappa shape index (κ1) is 22.7. The summed E-state index contributed by atoms with van der Waals surface area (Å²) in [4.78, 5) is 15.0. The molecule has 0 unspecified atom stereocenters. The van der Waals surface area contributed by atoms with Gasteiger partial charge in [0.05, 0.1) is 17.7 Å². The van der Waals surface area contributed by atoms with Crippen molar-refractivity contribution in [1.82, 2.24) is 0 Å². The van der Waals surface area contributed by atoms with Crippen LogP contribution in [0.1, 0.15) is 11.1 Å². The second-order valence-electron chi connectivity index (χ2n) is 6.75. The van der Waals surface area contributed by atoms with Crippen LogP contribution in [0.2, 0.25) is 10.0 Å². The molecule has 0 spiro atoms. The van der Waals surface area contributed by atoms with Crippen molar-refractivity contribution in [1.29, 1.82) is 0 Å². The molecule has 4 nitrogen and oxygen atoms in total. The van der Waals surface area contributed by atoms with E-state index in [1.165, 1.54) is 16.7 Å². The van der Waals surface area contributed by atoms with Gasteiger partial charge in [-0.05, 0) is 48.0 Å². The molecule has 1 amide bonds. The van der Waals surface area contributed by atoms with E-state index in [0.717, 1.165) is 11.3 Å². The molecule has 0 radical (unpaired) electrons. The number of hydrogen-bond donors (Lipinski definition) is 0. The Morgan fingerprint density at radius 3 is 2.41 bits per heavy atom. The first-order valence-corrected chi connectivity index (χ1v) is 11.5. The van der Waals surface area contributed by atoms with Gasteiger partial charge in [0.15, 0.2) is 15.8 Å². The fourth-order valence-corrected chi connectivity index (χ4v) is 4.94. The number of nitrogens with zero attached hydrogens (tertiary/aromatic N) is 1. The summed E-state index contributed by atoms with van der Waals surface area (Å²) in [5.41, 5.74) is 2.24. The summed E-state index contributed by atoms with van der Waals surface area (Å²) in [6, 6.07) is 20.1. The van der Waals surface area contributed by atoms with E-state index in [4.69, 9.17) is 44.9 Å². The second kappa shape index (κ2) is 9.96. The molecule has 1 aliphatic rings.